The molecule has 0 bridgehead atoms. The van der Waals surface area contributed by atoms with Gasteiger partial charge in [0.25, 0.3) is 10.0 Å². The van der Waals surface area contributed by atoms with Crippen LogP contribution in [0.3, 0.4) is 0 Å². The van der Waals surface area contributed by atoms with Crippen LogP contribution in [0.15, 0.2) is 41.6 Å². The molecule has 2 aromatic rings. The summed E-state index contributed by atoms with van der Waals surface area (Å²) < 4.78 is 39.7. The van der Waals surface area contributed by atoms with Gasteiger partial charge in [0.2, 0.25) is 0 Å². The minimum absolute atomic E-state index is 0.0302. The van der Waals surface area contributed by atoms with Gasteiger partial charge in [0.15, 0.2) is 10.8 Å². The molecule has 3 N–H and O–H groups in total. The van der Waals surface area contributed by atoms with Crippen molar-refractivity contribution in [3.63, 3.8) is 0 Å². The third-order valence-electron chi connectivity index (χ3n) is 2.25. The van der Waals surface area contributed by atoms with E-state index in [1.807, 2.05) is 0 Å². The van der Waals surface area contributed by atoms with E-state index in [0.717, 1.165) is 0 Å². The van der Waals surface area contributed by atoms with Crippen LogP contribution in [0.25, 0.3) is 0 Å². The van der Waals surface area contributed by atoms with Gasteiger partial charge in [0.1, 0.15) is 0 Å². The van der Waals surface area contributed by atoms with Crippen molar-refractivity contribution < 1.29 is 12.8 Å². The number of rotatable bonds is 3. The number of benzene rings is 1. The highest BCUT2D eigenvalue weighted by Gasteiger charge is 2.21. The quantitative estimate of drug-likeness (QED) is 0.910. The predicted octanol–water partition coefficient (Wildman–Crippen LogP) is 2.26. The monoisotopic (exact) mass is 301 g/mol. The first-order valence-electron chi connectivity index (χ1n) is 5.09. The molecular formula is C11H9ClFN3O2S. The molecule has 19 heavy (non-hydrogen) atoms. The Balaban J connectivity index is 2.43. The van der Waals surface area contributed by atoms with E-state index in [1.54, 1.807) is 0 Å². The lowest BCUT2D eigenvalue weighted by Crippen LogP contribution is -2.17. The molecule has 1 heterocycles. The van der Waals surface area contributed by atoms with Crippen molar-refractivity contribution in [2.24, 2.45) is 0 Å². The number of nitrogens with two attached hydrogens (primary N) is 1. The molecule has 0 saturated carbocycles. The van der Waals surface area contributed by atoms with Crippen LogP contribution in [-0.4, -0.2) is 13.4 Å². The van der Waals surface area contributed by atoms with Crippen LogP contribution in [0.2, 0.25) is 5.02 Å². The van der Waals surface area contributed by atoms with E-state index in [9.17, 15) is 12.8 Å². The highest BCUT2D eigenvalue weighted by molar-refractivity contribution is 7.92. The van der Waals surface area contributed by atoms with Crippen LogP contribution in [0.1, 0.15) is 0 Å². The zero-order valence-corrected chi connectivity index (χ0v) is 11.0. The van der Waals surface area contributed by atoms with E-state index in [0.29, 0.717) is 0 Å². The van der Waals surface area contributed by atoms with Gasteiger partial charge in [-0.3, -0.25) is 4.72 Å². The van der Waals surface area contributed by atoms with Crippen LogP contribution in [0.4, 0.5) is 15.8 Å². The zero-order chi connectivity index (χ0) is 14.0. The standard InChI is InChI=1S/C11H9ClFN3O2S/c12-7-3-1-5-9(10(7)13)16-19(17,18)11-8(14)4-2-6-15-11/h1-6,16H,14H2. The second-order valence-electron chi connectivity index (χ2n) is 3.60. The number of pyridine rings is 1. The number of nitrogens with zero attached hydrogens (tertiary/aromatic N) is 1. The summed E-state index contributed by atoms with van der Waals surface area (Å²) in [7, 11) is -4.07. The molecule has 0 fully saturated rings. The van der Waals surface area contributed by atoms with E-state index in [-0.39, 0.29) is 21.4 Å². The fourth-order valence-corrected chi connectivity index (χ4v) is 2.70. The van der Waals surface area contributed by atoms with Crippen LogP contribution >= 0.6 is 11.6 Å². The van der Waals surface area contributed by atoms with E-state index in [4.69, 9.17) is 17.3 Å². The normalized spacial score (nSPS) is 11.3. The average Bonchev–Trinajstić information content (AvgIpc) is 2.35. The van der Waals surface area contributed by atoms with E-state index >= 15 is 0 Å². The van der Waals surface area contributed by atoms with Gasteiger partial charge in [-0.1, -0.05) is 17.7 Å². The summed E-state index contributed by atoms with van der Waals surface area (Å²) in [5.74, 6) is -0.859. The molecule has 0 radical (unpaired) electrons. The molecule has 0 aliphatic rings. The number of aromatic nitrogens is 1. The maximum atomic E-state index is 13.6. The fraction of sp³-hybridized carbons (Fsp3) is 0. The Hall–Kier alpha value is -1.86. The van der Waals surface area contributed by atoms with Gasteiger partial charge in [0, 0.05) is 6.20 Å². The highest BCUT2D eigenvalue weighted by Crippen LogP contribution is 2.25. The third kappa shape index (κ3) is 2.77. The molecular weight excluding hydrogens is 293 g/mol. The molecule has 8 heteroatoms. The molecule has 100 valence electrons. The van der Waals surface area contributed by atoms with Crippen LogP contribution in [0, 0.1) is 5.82 Å². The molecule has 0 aliphatic carbocycles. The molecule has 5 nitrogen and oxygen atoms in total. The van der Waals surface area contributed by atoms with Crippen molar-refractivity contribution >= 4 is 33.0 Å². The van der Waals surface area contributed by atoms with E-state index in [1.165, 1.54) is 36.5 Å². The smallest absolute Gasteiger partial charge is 0.281 e. The zero-order valence-electron chi connectivity index (χ0n) is 9.47. The van der Waals surface area contributed by atoms with Crippen molar-refractivity contribution in [3.8, 4) is 0 Å². The number of hydrogen-bond donors (Lipinski definition) is 2. The molecule has 0 spiro atoms. The first-order valence-corrected chi connectivity index (χ1v) is 6.95. The summed E-state index contributed by atoms with van der Waals surface area (Å²) >= 11 is 5.57. The van der Waals surface area contributed by atoms with Crippen molar-refractivity contribution in [2.45, 2.75) is 5.03 Å². The summed E-state index contributed by atoms with van der Waals surface area (Å²) in [6.45, 7) is 0. The second-order valence-corrected chi connectivity index (χ2v) is 5.61. The summed E-state index contributed by atoms with van der Waals surface area (Å²) in [6, 6.07) is 6.86. The average molecular weight is 302 g/mol. The number of halogens is 2. The maximum absolute atomic E-state index is 13.6. The summed E-state index contributed by atoms with van der Waals surface area (Å²) in [5, 5.41) is -0.552. The van der Waals surface area contributed by atoms with Crippen molar-refractivity contribution in [1.29, 1.82) is 0 Å². The molecule has 0 atom stereocenters. The summed E-state index contributed by atoms with van der Waals surface area (Å²) in [5.41, 5.74) is 5.23. The van der Waals surface area contributed by atoms with Crippen LogP contribution in [-0.2, 0) is 10.0 Å². The predicted molar refractivity (Wildman–Crippen MR) is 70.9 cm³/mol. The highest BCUT2D eigenvalue weighted by atomic mass is 35.5. The lowest BCUT2D eigenvalue weighted by molar-refractivity contribution is 0.595. The van der Waals surface area contributed by atoms with Gasteiger partial charge >= 0.3 is 0 Å². The minimum Gasteiger partial charge on any atom is -0.396 e. The third-order valence-corrected chi connectivity index (χ3v) is 3.88. The number of hydrogen-bond acceptors (Lipinski definition) is 4. The van der Waals surface area contributed by atoms with Gasteiger partial charge in [-0.25, -0.2) is 9.37 Å². The Kier molecular flexibility index (Phi) is 3.59. The second kappa shape index (κ2) is 5.02. The Morgan fingerprint density at radius 1 is 1.26 bits per heavy atom. The largest absolute Gasteiger partial charge is 0.396 e. The van der Waals surface area contributed by atoms with Gasteiger partial charge in [-0.05, 0) is 24.3 Å². The van der Waals surface area contributed by atoms with E-state index < -0.39 is 15.8 Å². The Bertz CT molecular complexity index is 722. The van der Waals surface area contributed by atoms with Gasteiger partial charge < -0.3 is 5.73 Å². The van der Waals surface area contributed by atoms with Crippen LogP contribution in [0.5, 0.6) is 0 Å². The van der Waals surface area contributed by atoms with Crippen LogP contribution < -0.4 is 10.5 Å². The minimum atomic E-state index is -4.07. The number of nitrogens with one attached hydrogen (secondary N) is 1. The molecule has 1 aromatic carbocycles. The fourth-order valence-electron chi connectivity index (χ4n) is 1.40. The number of nitrogen functional groups attached to an aromatic ring is 1. The molecule has 0 saturated heterocycles. The van der Waals surface area contributed by atoms with Crippen molar-refractivity contribution in [3.05, 3.63) is 47.4 Å². The van der Waals surface area contributed by atoms with Crippen molar-refractivity contribution in [2.75, 3.05) is 10.5 Å². The Labute approximate surface area is 114 Å². The Morgan fingerprint density at radius 3 is 2.68 bits per heavy atom. The van der Waals surface area contributed by atoms with Gasteiger partial charge in [-0.2, -0.15) is 8.42 Å². The molecule has 0 aliphatic heterocycles. The lowest BCUT2D eigenvalue weighted by atomic mass is 10.3. The van der Waals surface area contributed by atoms with Gasteiger partial charge in [0.05, 0.1) is 16.4 Å². The summed E-state index contributed by atoms with van der Waals surface area (Å²) in [6.07, 6.45) is 1.28. The van der Waals surface area contributed by atoms with Crippen molar-refractivity contribution in [1.82, 2.24) is 4.98 Å². The topological polar surface area (TPSA) is 85.1 Å². The Morgan fingerprint density at radius 2 is 2.00 bits per heavy atom. The molecule has 0 unspecified atom stereocenters. The first kappa shape index (κ1) is 13.6. The summed E-state index contributed by atoms with van der Waals surface area (Å²) in [4.78, 5) is 3.67. The van der Waals surface area contributed by atoms with Gasteiger partial charge in [-0.15, -0.1) is 0 Å². The molecule has 0 amide bonds. The molecule has 2 rings (SSSR count). The lowest BCUT2D eigenvalue weighted by Gasteiger charge is -2.10. The van der Waals surface area contributed by atoms with E-state index in [2.05, 4.69) is 9.71 Å². The maximum Gasteiger partial charge on any atom is 0.281 e. The number of anilines is 2. The number of sulfonamides is 1. The SMILES string of the molecule is Nc1cccnc1S(=O)(=O)Nc1cccc(Cl)c1F. The molecule has 1 aromatic heterocycles. The first-order chi connectivity index (χ1) is 8.92.